The number of benzene rings is 1. The largest absolute Gasteiger partial charge is 0.503 e. The summed E-state index contributed by atoms with van der Waals surface area (Å²) in [4.78, 5) is 0. The lowest BCUT2D eigenvalue weighted by Crippen LogP contribution is -2.26. The van der Waals surface area contributed by atoms with Gasteiger partial charge in [-0.25, -0.2) is 0 Å². The molecule has 1 aromatic carbocycles. The number of nitrogens with two attached hydrogens (primary N) is 1. The summed E-state index contributed by atoms with van der Waals surface area (Å²) in [6.07, 6.45) is 3.67. The Labute approximate surface area is 104 Å². The normalized spacial score (nSPS) is 17.9. The van der Waals surface area contributed by atoms with Crippen molar-refractivity contribution >= 4 is 15.9 Å². The Morgan fingerprint density at radius 2 is 2.19 bits per heavy atom. The molecule has 0 heterocycles. The zero-order chi connectivity index (χ0) is 11.7. The average molecular weight is 286 g/mol. The fraction of sp³-hybridized carbons (Fsp3) is 0.500. The van der Waals surface area contributed by atoms with Gasteiger partial charge in [-0.15, -0.1) is 0 Å². The van der Waals surface area contributed by atoms with Gasteiger partial charge in [-0.05, 0) is 52.4 Å². The molecule has 3 N–H and O–H groups in total. The summed E-state index contributed by atoms with van der Waals surface area (Å²) >= 11 is 3.31. The average Bonchev–Trinajstić information content (AvgIpc) is 2.19. The molecule has 0 amide bonds. The highest BCUT2D eigenvalue weighted by atomic mass is 79.9. The fourth-order valence-electron chi connectivity index (χ4n) is 2.01. The second-order valence-corrected chi connectivity index (χ2v) is 5.12. The zero-order valence-electron chi connectivity index (χ0n) is 9.24. The highest BCUT2D eigenvalue weighted by molar-refractivity contribution is 9.10. The first-order chi connectivity index (χ1) is 7.63. The van der Waals surface area contributed by atoms with E-state index in [0.717, 1.165) is 5.56 Å². The van der Waals surface area contributed by atoms with E-state index < -0.39 is 0 Å². The van der Waals surface area contributed by atoms with Crippen molar-refractivity contribution in [2.75, 3.05) is 7.11 Å². The molecule has 88 valence electrons. The van der Waals surface area contributed by atoms with Crippen LogP contribution in [0.25, 0.3) is 0 Å². The maximum atomic E-state index is 9.70. The van der Waals surface area contributed by atoms with Crippen molar-refractivity contribution in [2.45, 2.75) is 25.3 Å². The Bertz CT molecular complexity index is 391. The van der Waals surface area contributed by atoms with E-state index in [1.54, 1.807) is 7.11 Å². The van der Waals surface area contributed by atoms with Crippen LogP contribution in [0.2, 0.25) is 0 Å². The van der Waals surface area contributed by atoms with Gasteiger partial charge < -0.3 is 15.6 Å². The van der Waals surface area contributed by atoms with Crippen molar-refractivity contribution in [3.05, 3.63) is 22.2 Å². The lowest BCUT2D eigenvalue weighted by atomic mass is 9.77. The SMILES string of the molecule is COc1cc([C@@H](N)C2CCC2)cc(Br)c1O. The Morgan fingerprint density at radius 1 is 1.50 bits per heavy atom. The summed E-state index contributed by atoms with van der Waals surface area (Å²) in [6.45, 7) is 0. The molecule has 3 nitrogen and oxygen atoms in total. The third-order valence-corrected chi connectivity index (χ3v) is 3.92. The summed E-state index contributed by atoms with van der Waals surface area (Å²) in [5.74, 6) is 1.17. The number of phenolic OH excluding ortho intramolecular Hbond substituents is 1. The van der Waals surface area contributed by atoms with Crippen LogP contribution in [0.5, 0.6) is 11.5 Å². The molecule has 1 fully saturated rings. The molecule has 0 radical (unpaired) electrons. The molecule has 1 atom stereocenters. The predicted octanol–water partition coefficient (Wildman–Crippen LogP) is 2.96. The van der Waals surface area contributed by atoms with E-state index >= 15 is 0 Å². The molecule has 0 spiro atoms. The molecular formula is C12H16BrNO2. The van der Waals surface area contributed by atoms with E-state index in [2.05, 4.69) is 15.9 Å². The highest BCUT2D eigenvalue weighted by Crippen LogP contribution is 2.41. The molecule has 0 unspecified atom stereocenters. The van der Waals surface area contributed by atoms with Gasteiger partial charge in [0.25, 0.3) is 0 Å². The van der Waals surface area contributed by atoms with E-state index in [4.69, 9.17) is 10.5 Å². The zero-order valence-corrected chi connectivity index (χ0v) is 10.8. The van der Waals surface area contributed by atoms with E-state index in [0.29, 0.717) is 16.1 Å². The van der Waals surface area contributed by atoms with Crippen LogP contribution in [0.15, 0.2) is 16.6 Å². The smallest absolute Gasteiger partial charge is 0.172 e. The number of halogens is 1. The van der Waals surface area contributed by atoms with Gasteiger partial charge in [0.2, 0.25) is 0 Å². The van der Waals surface area contributed by atoms with Crippen molar-refractivity contribution < 1.29 is 9.84 Å². The maximum absolute atomic E-state index is 9.70. The summed E-state index contributed by atoms with van der Waals surface area (Å²) in [5, 5.41) is 9.70. The van der Waals surface area contributed by atoms with Crippen LogP contribution in [0, 0.1) is 5.92 Å². The third kappa shape index (κ3) is 2.04. The van der Waals surface area contributed by atoms with E-state index in [1.165, 1.54) is 19.3 Å². The Kier molecular flexibility index (Phi) is 3.40. The number of rotatable bonds is 3. The highest BCUT2D eigenvalue weighted by Gasteiger charge is 2.26. The van der Waals surface area contributed by atoms with Gasteiger partial charge in [-0.2, -0.15) is 0 Å². The molecule has 4 heteroatoms. The molecule has 0 aromatic heterocycles. The number of methoxy groups -OCH3 is 1. The van der Waals surface area contributed by atoms with Crippen molar-refractivity contribution in [3.63, 3.8) is 0 Å². The second kappa shape index (κ2) is 4.63. The summed E-state index contributed by atoms with van der Waals surface area (Å²) in [5.41, 5.74) is 7.20. The lowest BCUT2D eigenvalue weighted by Gasteiger charge is -2.31. The third-order valence-electron chi connectivity index (χ3n) is 3.31. The number of phenols is 1. The summed E-state index contributed by atoms with van der Waals surface area (Å²) in [7, 11) is 1.54. The van der Waals surface area contributed by atoms with E-state index in [1.807, 2.05) is 12.1 Å². The van der Waals surface area contributed by atoms with Gasteiger partial charge >= 0.3 is 0 Å². The van der Waals surface area contributed by atoms with Crippen LogP contribution >= 0.6 is 15.9 Å². The first-order valence-corrected chi connectivity index (χ1v) is 6.24. The molecule has 1 aliphatic carbocycles. The molecular weight excluding hydrogens is 270 g/mol. The van der Waals surface area contributed by atoms with Gasteiger partial charge in [0.15, 0.2) is 11.5 Å². The van der Waals surface area contributed by atoms with Crippen LogP contribution in [-0.4, -0.2) is 12.2 Å². The molecule has 0 bridgehead atoms. The van der Waals surface area contributed by atoms with Crippen LogP contribution in [0.4, 0.5) is 0 Å². The quantitative estimate of drug-likeness (QED) is 0.898. The molecule has 1 aliphatic rings. The Morgan fingerprint density at radius 3 is 2.69 bits per heavy atom. The minimum atomic E-state index is 0.0413. The minimum Gasteiger partial charge on any atom is -0.503 e. The van der Waals surface area contributed by atoms with Gasteiger partial charge in [0.1, 0.15) is 0 Å². The summed E-state index contributed by atoms with van der Waals surface area (Å²) < 4.78 is 5.75. The second-order valence-electron chi connectivity index (χ2n) is 4.27. The van der Waals surface area contributed by atoms with Crippen LogP contribution in [-0.2, 0) is 0 Å². The van der Waals surface area contributed by atoms with Crippen LogP contribution in [0.1, 0.15) is 30.9 Å². The van der Waals surface area contributed by atoms with Crippen molar-refractivity contribution in [1.82, 2.24) is 0 Å². The minimum absolute atomic E-state index is 0.0413. The number of hydrogen-bond donors (Lipinski definition) is 2. The van der Waals surface area contributed by atoms with E-state index in [-0.39, 0.29) is 11.8 Å². The predicted molar refractivity (Wildman–Crippen MR) is 66.6 cm³/mol. The first kappa shape index (κ1) is 11.7. The van der Waals surface area contributed by atoms with Crippen LogP contribution < -0.4 is 10.5 Å². The van der Waals surface area contributed by atoms with Gasteiger partial charge in [-0.3, -0.25) is 0 Å². The monoisotopic (exact) mass is 285 g/mol. The van der Waals surface area contributed by atoms with Crippen molar-refractivity contribution in [1.29, 1.82) is 0 Å². The summed E-state index contributed by atoms with van der Waals surface area (Å²) in [6, 6.07) is 3.74. The Balaban J connectivity index is 2.29. The number of hydrogen-bond acceptors (Lipinski definition) is 3. The molecule has 0 saturated heterocycles. The van der Waals surface area contributed by atoms with Crippen LogP contribution in [0.3, 0.4) is 0 Å². The number of aromatic hydroxyl groups is 1. The molecule has 2 rings (SSSR count). The standard InChI is InChI=1S/C12H16BrNO2/c1-16-10-6-8(5-9(13)12(10)15)11(14)7-3-2-4-7/h5-7,11,15H,2-4,14H2,1H3/t11-/m0/s1. The Hall–Kier alpha value is -0.740. The molecule has 16 heavy (non-hydrogen) atoms. The maximum Gasteiger partial charge on any atom is 0.172 e. The molecule has 0 aliphatic heterocycles. The fourth-order valence-corrected chi connectivity index (χ4v) is 2.47. The number of ether oxygens (including phenoxy) is 1. The van der Waals surface area contributed by atoms with Crippen molar-refractivity contribution in [3.8, 4) is 11.5 Å². The van der Waals surface area contributed by atoms with E-state index in [9.17, 15) is 5.11 Å². The lowest BCUT2D eigenvalue weighted by molar-refractivity contribution is 0.263. The van der Waals surface area contributed by atoms with Crippen molar-refractivity contribution in [2.24, 2.45) is 11.7 Å². The molecule has 1 saturated carbocycles. The van der Waals surface area contributed by atoms with Gasteiger partial charge in [-0.1, -0.05) is 6.42 Å². The molecule has 1 aromatic rings. The van der Waals surface area contributed by atoms with Gasteiger partial charge in [0.05, 0.1) is 11.6 Å². The first-order valence-electron chi connectivity index (χ1n) is 5.45. The topological polar surface area (TPSA) is 55.5 Å². The van der Waals surface area contributed by atoms with Gasteiger partial charge in [0, 0.05) is 6.04 Å².